The third kappa shape index (κ3) is 5.30. The number of alkyl halides is 5. The van der Waals surface area contributed by atoms with Gasteiger partial charge in [0.2, 0.25) is 0 Å². The molecular weight excluding hydrogens is 607 g/mol. The van der Waals surface area contributed by atoms with Gasteiger partial charge in [-0.25, -0.2) is 4.79 Å². The smallest absolute Gasteiger partial charge is 0.436 e. The second-order valence-corrected chi connectivity index (χ2v) is 12.8. The van der Waals surface area contributed by atoms with Gasteiger partial charge in [-0.15, -0.1) is 0 Å². The summed E-state index contributed by atoms with van der Waals surface area (Å²) in [7, 11) is 0. The van der Waals surface area contributed by atoms with Gasteiger partial charge in [-0.3, -0.25) is 15.1 Å². The lowest BCUT2D eigenvalue weighted by Crippen LogP contribution is -2.65. The fourth-order valence-electron chi connectivity index (χ4n) is 8.34. The summed E-state index contributed by atoms with van der Waals surface area (Å²) in [6.07, 6.45) is -0.734. The Morgan fingerprint density at radius 2 is 1.87 bits per heavy atom. The molecule has 6 rings (SSSR count). The SMILES string of the molecule is C[C@]12C[C@H](c3ccc(C#CCOC(=O)Nc4cccnc4)cc3)C3=C4CCC(=O)C=C4CCC3C1CC[C@@]2(O)C(F)(F)C(F)(F)F. The van der Waals surface area contributed by atoms with Crippen LogP contribution in [0.5, 0.6) is 0 Å². The average molecular weight is 641 g/mol. The minimum Gasteiger partial charge on any atom is -0.436 e. The topological polar surface area (TPSA) is 88.5 Å². The molecule has 2 aromatic rings. The van der Waals surface area contributed by atoms with E-state index < -0.39 is 47.5 Å². The molecule has 0 aliphatic heterocycles. The summed E-state index contributed by atoms with van der Waals surface area (Å²) in [5.74, 6) is -0.990. The molecule has 2 saturated carbocycles. The predicted molar refractivity (Wildman–Crippen MR) is 159 cm³/mol. The fraction of sp³-hybridized carbons (Fsp3) is 0.457. The van der Waals surface area contributed by atoms with Crippen molar-refractivity contribution < 1.29 is 41.4 Å². The minimum atomic E-state index is -5.90. The van der Waals surface area contributed by atoms with Gasteiger partial charge in [-0.2, -0.15) is 22.0 Å². The highest BCUT2D eigenvalue weighted by Gasteiger charge is 2.79. The number of aliphatic hydroxyl groups is 1. The number of amides is 1. The van der Waals surface area contributed by atoms with Crippen LogP contribution in [0.25, 0.3) is 0 Å². The molecule has 0 saturated heterocycles. The summed E-state index contributed by atoms with van der Waals surface area (Å²) in [6, 6.07) is 10.3. The lowest BCUT2D eigenvalue weighted by molar-refractivity contribution is -0.362. The van der Waals surface area contributed by atoms with E-state index in [0.29, 0.717) is 42.5 Å². The second-order valence-electron chi connectivity index (χ2n) is 12.8. The second kappa shape index (κ2) is 11.6. The first kappa shape index (κ1) is 31.9. The number of anilines is 1. The van der Waals surface area contributed by atoms with E-state index in [4.69, 9.17) is 4.74 Å². The summed E-state index contributed by atoms with van der Waals surface area (Å²) in [5.41, 5.74) is -0.287. The molecule has 1 aromatic heterocycles. The molecule has 4 aliphatic carbocycles. The summed E-state index contributed by atoms with van der Waals surface area (Å²) < 4.78 is 76.8. The van der Waals surface area contributed by atoms with Gasteiger partial charge >= 0.3 is 18.2 Å². The molecule has 0 bridgehead atoms. The zero-order valence-corrected chi connectivity index (χ0v) is 25.1. The van der Waals surface area contributed by atoms with Crippen molar-refractivity contribution in [3.05, 3.63) is 82.7 Å². The number of halogens is 5. The minimum absolute atomic E-state index is 0.0246. The van der Waals surface area contributed by atoms with E-state index in [1.165, 1.54) is 13.1 Å². The molecule has 46 heavy (non-hydrogen) atoms. The number of allylic oxidation sites excluding steroid dienone is 4. The number of hydrogen-bond acceptors (Lipinski definition) is 5. The van der Waals surface area contributed by atoms with Crippen LogP contribution < -0.4 is 5.32 Å². The number of rotatable bonds is 4. The summed E-state index contributed by atoms with van der Waals surface area (Å²) in [5, 5.41) is 13.9. The third-order valence-corrected chi connectivity index (χ3v) is 10.5. The van der Waals surface area contributed by atoms with Gasteiger partial charge in [0.1, 0.15) is 5.60 Å². The Labute approximate surface area is 263 Å². The van der Waals surface area contributed by atoms with Gasteiger partial charge < -0.3 is 9.84 Å². The van der Waals surface area contributed by atoms with Crippen molar-refractivity contribution in [2.75, 3.05) is 11.9 Å². The number of nitrogens with one attached hydrogen (secondary N) is 1. The molecule has 1 heterocycles. The highest BCUT2D eigenvalue weighted by Crippen LogP contribution is 2.70. The number of hydrogen-bond donors (Lipinski definition) is 2. The molecule has 4 aliphatic rings. The van der Waals surface area contributed by atoms with E-state index >= 15 is 8.78 Å². The van der Waals surface area contributed by atoms with Gasteiger partial charge in [0, 0.05) is 29.5 Å². The maximum absolute atomic E-state index is 15.2. The van der Waals surface area contributed by atoms with Gasteiger partial charge in [0.25, 0.3) is 0 Å². The number of benzene rings is 1. The van der Waals surface area contributed by atoms with E-state index in [9.17, 15) is 27.9 Å². The maximum Gasteiger partial charge on any atom is 0.456 e. The van der Waals surface area contributed by atoms with E-state index in [2.05, 4.69) is 22.1 Å². The molecule has 1 amide bonds. The molecule has 2 unspecified atom stereocenters. The van der Waals surface area contributed by atoms with E-state index in [-0.39, 0.29) is 31.1 Å². The lowest BCUT2D eigenvalue weighted by Gasteiger charge is -2.56. The Balaban J connectivity index is 1.29. The summed E-state index contributed by atoms with van der Waals surface area (Å²) in [4.78, 5) is 28.1. The van der Waals surface area contributed by atoms with Crippen molar-refractivity contribution in [3.8, 4) is 11.8 Å². The summed E-state index contributed by atoms with van der Waals surface area (Å²) in [6.45, 7) is 1.22. The van der Waals surface area contributed by atoms with Crippen LogP contribution in [0.1, 0.15) is 68.9 Å². The van der Waals surface area contributed by atoms with Crippen LogP contribution in [0.2, 0.25) is 0 Å². The van der Waals surface area contributed by atoms with Crippen LogP contribution in [0.15, 0.2) is 71.6 Å². The first-order valence-electron chi connectivity index (χ1n) is 15.3. The Kier molecular flexibility index (Phi) is 8.08. The largest absolute Gasteiger partial charge is 0.456 e. The quantitative estimate of drug-likeness (QED) is 0.267. The highest BCUT2D eigenvalue weighted by atomic mass is 19.4. The van der Waals surface area contributed by atoms with E-state index in [1.54, 1.807) is 48.7 Å². The molecule has 2 fully saturated rings. The van der Waals surface area contributed by atoms with Crippen LogP contribution in [0, 0.1) is 29.1 Å². The van der Waals surface area contributed by atoms with Crippen molar-refractivity contribution in [2.45, 2.75) is 75.5 Å². The number of pyridine rings is 1. The van der Waals surface area contributed by atoms with Crippen molar-refractivity contribution >= 4 is 17.6 Å². The van der Waals surface area contributed by atoms with Crippen molar-refractivity contribution in [1.29, 1.82) is 0 Å². The van der Waals surface area contributed by atoms with Crippen LogP contribution in [0.3, 0.4) is 0 Å². The van der Waals surface area contributed by atoms with Crippen LogP contribution in [0.4, 0.5) is 32.4 Å². The van der Waals surface area contributed by atoms with Gasteiger partial charge in [-0.1, -0.05) is 36.5 Å². The molecular formula is C35H33F5N2O4. The predicted octanol–water partition coefficient (Wildman–Crippen LogP) is 7.51. The van der Waals surface area contributed by atoms with Crippen LogP contribution >= 0.6 is 0 Å². The molecule has 1 aromatic carbocycles. The fourth-order valence-corrected chi connectivity index (χ4v) is 8.34. The van der Waals surface area contributed by atoms with Crippen LogP contribution in [-0.2, 0) is 9.53 Å². The van der Waals surface area contributed by atoms with Gasteiger partial charge in [0.05, 0.1) is 11.9 Å². The van der Waals surface area contributed by atoms with Crippen molar-refractivity contribution in [2.24, 2.45) is 17.3 Å². The number of ketones is 1. The number of carbonyl (C=O) groups is 2. The van der Waals surface area contributed by atoms with E-state index in [1.807, 2.05) is 0 Å². The molecule has 6 nitrogen and oxygen atoms in total. The maximum atomic E-state index is 15.2. The van der Waals surface area contributed by atoms with Gasteiger partial charge in [-0.05, 0) is 97.4 Å². The first-order chi connectivity index (χ1) is 21.7. The highest BCUT2D eigenvalue weighted by molar-refractivity contribution is 5.93. The monoisotopic (exact) mass is 640 g/mol. The third-order valence-electron chi connectivity index (χ3n) is 10.5. The zero-order chi connectivity index (χ0) is 32.9. The molecule has 11 heteroatoms. The zero-order valence-electron chi connectivity index (χ0n) is 25.1. The molecule has 242 valence electrons. The Morgan fingerprint density at radius 1 is 1.11 bits per heavy atom. The Hall–Kier alpha value is -4.04. The molecule has 5 atom stereocenters. The van der Waals surface area contributed by atoms with E-state index in [0.717, 1.165) is 16.7 Å². The average Bonchev–Trinajstić information content (AvgIpc) is 3.30. The Bertz CT molecular complexity index is 1660. The Morgan fingerprint density at radius 3 is 2.57 bits per heavy atom. The number of ether oxygens (including phenoxy) is 1. The summed E-state index contributed by atoms with van der Waals surface area (Å²) >= 11 is 0. The number of carbonyl (C=O) groups excluding carboxylic acids is 2. The first-order valence-corrected chi connectivity index (χ1v) is 15.3. The molecule has 0 radical (unpaired) electrons. The molecule has 0 spiro atoms. The van der Waals surface area contributed by atoms with Gasteiger partial charge in [0.15, 0.2) is 12.4 Å². The van der Waals surface area contributed by atoms with Crippen molar-refractivity contribution in [1.82, 2.24) is 4.98 Å². The number of fused-ring (bicyclic) bond motifs is 4. The van der Waals surface area contributed by atoms with Crippen LogP contribution in [-0.4, -0.2) is 46.3 Å². The molecule has 2 N–H and O–H groups in total. The standard InChI is InChI=1S/C35H33F5N2O4/c1-32-19-28(22-8-6-21(7-9-22)4-3-17-46-31(44)42-24-5-2-16-41-20-24)30-26-13-11-25(43)18-23(26)10-12-27(30)29(32)14-15-33(32,45)34(36,37)35(38,39)40/h2,5-9,16,18,20,27-29,45H,10-15,17,19H2,1H3,(H,42,44)/t27?,28-,29?,32+,33+/m1/s1. The van der Waals surface area contributed by atoms with Crippen molar-refractivity contribution in [3.63, 3.8) is 0 Å². The lowest BCUT2D eigenvalue weighted by atomic mass is 9.50. The normalized spacial score (nSPS) is 29.1. The number of aromatic nitrogens is 1. The number of nitrogens with zero attached hydrogens (tertiary/aromatic N) is 1.